The van der Waals surface area contributed by atoms with Gasteiger partial charge in [0, 0.05) is 12.1 Å². The highest BCUT2D eigenvalue weighted by Gasteiger charge is 2.19. The highest BCUT2D eigenvalue weighted by molar-refractivity contribution is 7.89. The van der Waals surface area contributed by atoms with Crippen LogP contribution in [-0.2, 0) is 26.1 Å². The highest BCUT2D eigenvalue weighted by Crippen LogP contribution is 2.13. The first-order valence-electron chi connectivity index (χ1n) is 9.39. The third-order valence-electron chi connectivity index (χ3n) is 3.77. The Morgan fingerprint density at radius 3 is 2.29 bits per heavy atom. The number of nitrogens with one attached hydrogen (secondary N) is 3. The van der Waals surface area contributed by atoms with Gasteiger partial charge in [-0.05, 0) is 44.5 Å². The van der Waals surface area contributed by atoms with Gasteiger partial charge in [-0.15, -0.1) is 0 Å². The standard InChI is InChI=1S/C21H25N3O6S/c1-21(2,3)24-20(27)23-18(25)14-30-19(26)16-10-7-11-17(12-16)31(28,29)22-13-15-8-5-4-6-9-15/h4-12,22H,13-14H2,1-3H3,(H2,23,24,25,27). The van der Waals surface area contributed by atoms with Gasteiger partial charge in [0.15, 0.2) is 6.61 Å². The van der Waals surface area contributed by atoms with Crippen molar-refractivity contribution in [3.05, 3.63) is 65.7 Å². The van der Waals surface area contributed by atoms with Crippen molar-refractivity contribution in [1.29, 1.82) is 0 Å². The summed E-state index contributed by atoms with van der Waals surface area (Å²) in [7, 11) is -3.87. The maximum atomic E-state index is 12.5. The van der Waals surface area contributed by atoms with E-state index in [1.54, 1.807) is 45.0 Å². The van der Waals surface area contributed by atoms with E-state index in [1.807, 2.05) is 11.4 Å². The van der Waals surface area contributed by atoms with Gasteiger partial charge < -0.3 is 10.1 Å². The molecule has 0 radical (unpaired) electrons. The van der Waals surface area contributed by atoms with Crippen molar-refractivity contribution < 1.29 is 27.5 Å². The fourth-order valence-electron chi connectivity index (χ4n) is 2.40. The Morgan fingerprint density at radius 1 is 0.968 bits per heavy atom. The summed E-state index contributed by atoms with van der Waals surface area (Å²) in [4.78, 5) is 35.5. The van der Waals surface area contributed by atoms with E-state index in [1.165, 1.54) is 18.2 Å². The molecular formula is C21H25N3O6S. The van der Waals surface area contributed by atoms with Gasteiger partial charge >= 0.3 is 12.0 Å². The number of ether oxygens (including phenoxy) is 1. The SMILES string of the molecule is CC(C)(C)NC(=O)NC(=O)COC(=O)c1cccc(S(=O)(=O)NCc2ccccc2)c1. The number of carbonyl (C=O) groups excluding carboxylic acids is 3. The van der Waals surface area contributed by atoms with E-state index in [9.17, 15) is 22.8 Å². The quantitative estimate of drug-likeness (QED) is 0.556. The number of rotatable bonds is 7. The molecule has 3 amide bonds. The Kier molecular flexibility index (Phi) is 7.89. The molecule has 0 fully saturated rings. The summed E-state index contributed by atoms with van der Waals surface area (Å²) in [5.41, 5.74) is 0.194. The average molecular weight is 448 g/mol. The molecule has 0 spiro atoms. The number of benzene rings is 2. The molecule has 9 nitrogen and oxygen atoms in total. The molecule has 0 unspecified atom stereocenters. The Bertz CT molecular complexity index is 1050. The largest absolute Gasteiger partial charge is 0.452 e. The lowest BCUT2D eigenvalue weighted by atomic mass is 10.1. The lowest BCUT2D eigenvalue weighted by Crippen LogP contribution is -2.49. The van der Waals surface area contributed by atoms with Gasteiger partial charge in [-0.2, -0.15) is 0 Å². The van der Waals surface area contributed by atoms with Crippen LogP contribution in [0.1, 0.15) is 36.7 Å². The summed E-state index contributed by atoms with van der Waals surface area (Å²) in [6, 6.07) is 13.5. The number of carbonyl (C=O) groups is 3. The molecule has 3 N–H and O–H groups in total. The van der Waals surface area contributed by atoms with Gasteiger partial charge in [-0.25, -0.2) is 22.7 Å². The predicted octanol–water partition coefficient (Wildman–Crippen LogP) is 1.95. The average Bonchev–Trinajstić information content (AvgIpc) is 2.70. The van der Waals surface area contributed by atoms with Crippen molar-refractivity contribution in [2.45, 2.75) is 37.8 Å². The lowest BCUT2D eigenvalue weighted by molar-refractivity contribution is -0.123. The highest BCUT2D eigenvalue weighted by atomic mass is 32.2. The predicted molar refractivity (Wildman–Crippen MR) is 114 cm³/mol. The van der Waals surface area contributed by atoms with E-state index in [0.29, 0.717) is 0 Å². The van der Waals surface area contributed by atoms with Crippen LogP contribution in [0.3, 0.4) is 0 Å². The van der Waals surface area contributed by atoms with Gasteiger partial charge in [0.25, 0.3) is 5.91 Å². The normalized spacial score (nSPS) is 11.5. The molecule has 0 aliphatic carbocycles. The summed E-state index contributed by atoms with van der Waals surface area (Å²) < 4.78 is 32.4. The minimum absolute atomic E-state index is 0.0467. The fraction of sp³-hybridized carbons (Fsp3) is 0.286. The summed E-state index contributed by atoms with van der Waals surface area (Å²) in [6.45, 7) is 4.63. The second-order valence-corrected chi connectivity index (χ2v) is 9.43. The second-order valence-electron chi connectivity index (χ2n) is 7.67. The maximum Gasteiger partial charge on any atom is 0.338 e. The van der Waals surface area contributed by atoms with Crippen molar-refractivity contribution >= 4 is 27.9 Å². The van der Waals surface area contributed by atoms with E-state index in [4.69, 9.17) is 4.74 Å². The number of sulfonamides is 1. The Hall–Kier alpha value is -3.24. The molecule has 166 valence electrons. The molecular weight excluding hydrogens is 422 g/mol. The van der Waals surface area contributed by atoms with E-state index >= 15 is 0 Å². The van der Waals surface area contributed by atoms with E-state index in [-0.39, 0.29) is 17.0 Å². The maximum absolute atomic E-state index is 12.5. The fourth-order valence-corrected chi connectivity index (χ4v) is 3.46. The van der Waals surface area contributed by atoms with Crippen LogP contribution in [0, 0.1) is 0 Å². The van der Waals surface area contributed by atoms with Crippen molar-refractivity contribution in [3.8, 4) is 0 Å². The molecule has 0 aliphatic rings. The third-order valence-corrected chi connectivity index (χ3v) is 5.16. The monoisotopic (exact) mass is 447 g/mol. The molecule has 10 heteroatoms. The summed E-state index contributed by atoms with van der Waals surface area (Å²) in [6.07, 6.45) is 0. The van der Waals surface area contributed by atoms with Crippen LogP contribution in [0.25, 0.3) is 0 Å². The van der Waals surface area contributed by atoms with Gasteiger partial charge in [0.2, 0.25) is 10.0 Å². The second kappa shape index (κ2) is 10.2. The van der Waals surface area contributed by atoms with Gasteiger partial charge in [0.05, 0.1) is 10.5 Å². The molecule has 0 heterocycles. The topological polar surface area (TPSA) is 131 Å². The number of esters is 1. The van der Waals surface area contributed by atoms with Gasteiger partial charge in [-0.1, -0.05) is 36.4 Å². The molecule has 0 aliphatic heterocycles. The number of hydrogen-bond donors (Lipinski definition) is 3. The van der Waals surface area contributed by atoms with Crippen molar-refractivity contribution in [2.24, 2.45) is 0 Å². The molecule has 0 aromatic heterocycles. The minimum atomic E-state index is -3.87. The van der Waals surface area contributed by atoms with E-state index < -0.39 is 40.1 Å². The zero-order valence-corrected chi connectivity index (χ0v) is 18.3. The van der Waals surface area contributed by atoms with Crippen molar-refractivity contribution in [1.82, 2.24) is 15.4 Å². The number of urea groups is 1. The molecule has 0 bridgehead atoms. The van der Waals surface area contributed by atoms with Crippen molar-refractivity contribution in [2.75, 3.05) is 6.61 Å². The molecule has 0 atom stereocenters. The summed E-state index contributed by atoms with van der Waals surface area (Å²) in [5.74, 6) is -1.71. The smallest absolute Gasteiger partial charge is 0.338 e. The third kappa shape index (κ3) is 8.19. The zero-order chi connectivity index (χ0) is 23.1. The summed E-state index contributed by atoms with van der Waals surface area (Å²) in [5, 5.41) is 4.57. The van der Waals surface area contributed by atoms with Crippen LogP contribution in [0.15, 0.2) is 59.5 Å². The number of amides is 3. The number of imide groups is 1. The van der Waals surface area contributed by atoms with E-state index in [2.05, 4.69) is 10.0 Å². The molecule has 0 saturated heterocycles. The van der Waals surface area contributed by atoms with Crippen LogP contribution in [0.4, 0.5) is 4.79 Å². The number of hydrogen-bond acceptors (Lipinski definition) is 6. The van der Waals surface area contributed by atoms with Crippen molar-refractivity contribution in [3.63, 3.8) is 0 Å². The lowest BCUT2D eigenvalue weighted by Gasteiger charge is -2.20. The Labute approximate surface area is 181 Å². The molecule has 2 aromatic carbocycles. The van der Waals surface area contributed by atoms with Gasteiger partial charge in [-0.3, -0.25) is 10.1 Å². The molecule has 2 rings (SSSR count). The van der Waals surface area contributed by atoms with Crippen LogP contribution in [0.5, 0.6) is 0 Å². The first kappa shape index (κ1) is 24.0. The first-order valence-corrected chi connectivity index (χ1v) is 10.9. The van der Waals surface area contributed by atoms with E-state index in [0.717, 1.165) is 11.6 Å². The Balaban J connectivity index is 1.95. The molecule has 0 saturated carbocycles. The zero-order valence-electron chi connectivity index (χ0n) is 17.5. The Morgan fingerprint density at radius 2 is 1.65 bits per heavy atom. The summed E-state index contributed by atoms with van der Waals surface area (Å²) >= 11 is 0. The first-order chi connectivity index (χ1) is 14.5. The van der Waals surface area contributed by atoms with Gasteiger partial charge in [0.1, 0.15) is 0 Å². The van der Waals surface area contributed by atoms with Crippen LogP contribution in [-0.4, -0.2) is 38.5 Å². The molecule has 31 heavy (non-hydrogen) atoms. The van der Waals surface area contributed by atoms with Crippen LogP contribution >= 0.6 is 0 Å². The minimum Gasteiger partial charge on any atom is -0.452 e. The van der Waals surface area contributed by atoms with Crippen LogP contribution < -0.4 is 15.4 Å². The molecule has 2 aromatic rings. The van der Waals surface area contributed by atoms with Crippen LogP contribution in [0.2, 0.25) is 0 Å².